The minimum Gasteiger partial charge on any atom is -0.394 e. The van der Waals surface area contributed by atoms with E-state index in [2.05, 4.69) is 26.1 Å². The molecule has 18 heavy (non-hydrogen) atoms. The number of hydrogen-bond donors (Lipinski definition) is 2. The fraction of sp³-hybridized carbons (Fsp3) is 0.538. The average molecular weight is 334 g/mol. The molecule has 0 bridgehead atoms. The summed E-state index contributed by atoms with van der Waals surface area (Å²) in [6.07, 6.45) is 1.11. The van der Waals surface area contributed by atoms with Crippen molar-refractivity contribution in [2.75, 3.05) is 32.8 Å². The third-order valence-electron chi connectivity index (χ3n) is 3.32. The predicted molar refractivity (Wildman–Crippen MR) is 78.0 cm³/mol. The number of nitrogens with one attached hydrogen (secondary N) is 1. The number of aliphatic hydroxyl groups is 1. The lowest BCUT2D eigenvalue weighted by molar-refractivity contribution is 0.130. The Morgan fingerprint density at radius 3 is 2.94 bits per heavy atom. The van der Waals surface area contributed by atoms with Crippen molar-refractivity contribution in [3.8, 4) is 0 Å². The van der Waals surface area contributed by atoms with Crippen LogP contribution in [0.5, 0.6) is 0 Å². The zero-order chi connectivity index (χ0) is 13.0. The molecule has 5 heteroatoms. The minimum absolute atomic E-state index is 0.0375. The van der Waals surface area contributed by atoms with Gasteiger partial charge in [0, 0.05) is 24.1 Å². The highest BCUT2D eigenvalue weighted by molar-refractivity contribution is 9.10. The molecule has 1 heterocycles. The van der Waals surface area contributed by atoms with Crippen molar-refractivity contribution in [1.82, 2.24) is 10.2 Å². The van der Waals surface area contributed by atoms with Crippen LogP contribution >= 0.6 is 27.5 Å². The highest BCUT2D eigenvalue weighted by atomic mass is 79.9. The van der Waals surface area contributed by atoms with E-state index in [-0.39, 0.29) is 12.6 Å². The third kappa shape index (κ3) is 3.45. The van der Waals surface area contributed by atoms with Gasteiger partial charge in [-0.15, -0.1) is 0 Å². The molecule has 0 saturated carbocycles. The molecule has 1 aromatic carbocycles. The number of aliphatic hydroxyl groups excluding tert-OH is 1. The standard InChI is InChI=1S/C13H18BrClN2O/c14-11-3-2-10(8-12(11)15)13(9-18)17-6-1-4-16-5-7-17/h2-3,8,13,16,18H,1,4-7,9H2. The molecule has 1 aliphatic rings. The molecule has 1 saturated heterocycles. The Bertz CT molecular complexity index is 395. The maximum absolute atomic E-state index is 9.67. The second kappa shape index (κ2) is 6.87. The van der Waals surface area contributed by atoms with E-state index < -0.39 is 0 Å². The first-order valence-corrected chi connectivity index (χ1v) is 7.40. The van der Waals surface area contributed by atoms with Crippen molar-refractivity contribution in [3.05, 3.63) is 33.3 Å². The third-order valence-corrected chi connectivity index (χ3v) is 4.55. The molecular formula is C13H18BrClN2O. The van der Waals surface area contributed by atoms with E-state index in [1.54, 1.807) is 0 Å². The van der Waals surface area contributed by atoms with E-state index in [9.17, 15) is 5.11 Å². The Labute approximate surface area is 121 Å². The summed E-state index contributed by atoms with van der Waals surface area (Å²) in [5.41, 5.74) is 1.08. The first-order valence-electron chi connectivity index (χ1n) is 6.23. The van der Waals surface area contributed by atoms with Crippen LogP contribution in [0.2, 0.25) is 5.02 Å². The Hall–Kier alpha value is -0.130. The van der Waals surface area contributed by atoms with Crippen molar-refractivity contribution < 1.29 is 5.11 Å². The monoisotopic (exact) mass is 332 g/mol. The molecule has 0 aromatic heterocycles. The van der Waals surface area contributed by atoms with Crippen LogP contribution in [0.25, 0.3) is 0 Å². The van der Waals surface area contributed by atoms with Gasteiger partial charge < -0.3 is 10.4 Å². The number of hydrogen-bond acceptors (Lipinski definition) is 3. The fourth-order valence-corrected chi connectivity index (χ4v) is 2.77. The molecule has 1 aromatic rings. The van der Waals surface area contributed by atoms with Gasteiger partial charge in [-0.3, -0.25) is 4.90 Å². The average Bonchev–Trinajstić information content (AvgIpc) is 2.64. The second-order valence-electron chi connectivity index (χ2n) is 4.51. The smallest absolute Gasteiger partial charge is 0.0628 e. The molecule has 0 spiro atoms. The molecule has 100 valence electrons. The highest BCUT2D eigenvalue weighted by Gasteiger charge is 2.21. The summed E-state index contributed by atoms with van der Waals surface area (Å²) in [6, 6.07) is 5.94. The summed E-state index contributed by atoms with van der Waals surface area (Å²) in [4.78, 5) is 2.32. The lowest BCUT2D eigenvalue weighted by Gasteiger charge is -2.29. The SMILES string of the molecule is OCC(c1ccc(Br)c(Cl)c1)N1CCCNCC1. The van der Waals surface area contributed by atoms with Gasteiger partial charge in [-0.25, -0.2) is 0 Å². The van der Waals surface area contributed by atoms with Gasteiger partial charge in [-0.05, 0) is 46.6 Å². The molecule has 1 aliphatic heterocycles. The summed E-state index contributed by atoms with van der Waals surface area (Å²) in [6.45, 7) is 4.11. The van der Waals surface area contributed by atoms with Gasteiger partial charge >= 0.3 is 0 Å². The summed E-state index contributed by atoms with van der Waals surface area (Å²) in [5.74, 6) is 0. The largest absolute Gasteiger partial charge is 0.394 e. The molecule has 1 atom stereocenters. The number of halogens is 2. The molecule has 0 amide bonds. The molecule has 1 unspecified atom stereocenters. The van der Waals surface area contributed by atoms with E-state index in [0.717, 1.165) is 42.6 Å². The van der Waals surface area contributed by atoms with Crippen LogP contribution in [0, 0.1) is 0 Å². The van der Waals surface area contributed by atoms with Crippen molar-refractivity contribution in [2.45, 2.75) is 12.5 Å². The highest BCUT2D eigenvalue weighted by Crippen LogP contribution is 2.28. The van der Waals surface area contributed by atoms with Gasteiger partial charge in [-0.1, -0.05) is 17.7 Å². The van der Waals surface area contributed by atoms with Gasteiger partial charge in [0.1, 0.15) is 0 Å². The van der Waals surface area contributed by atoms with Crippen LogP contribution in [-0.2, 0) is 0 Å². The van der Waals surface area contributed by atoms with Gasteiger partial charge in [0.2, 0.25) is 0 Å². The molecule has 0 aliphatic carbocycles. The van der Waals surface area contributed by atoms with Crippen LogP contribution in [0.3, 0.4) is 0 Å². The Morgan fingerprint density at radius 1 is 1.39 bits per heavy atom. The molecule has 3 nitrogen and oxygen atoms in total. The maximum atomic E-state index is 9.67. The molecule has 2 N–H and O–H groups in total. The second-order valence-corrected chi connectivity index (χ2v) is 5.77. The van der Waals surface area contributed by atoms with E-state index in [4.69, 9.17) is 11.6 Å². The summed E-state index contributed by atoms with van der Waals surface area (Å²) in [7, 11) is 0. The number of rotatable bonds is 3. The first-order chi connectivity index (χ1) is 8.72. The van der Waals surface area contributed by atoms with E-state index in [0.29, 0.717) is 5.02 Å². The van der Waals surface area contributed by atoms with Gasteiger partial charge in [-0.2, -0.15) is 0 Å². The summed E-state index contributed by atoms with van der Waals surface area (Å²) in [5, 5.41) is 13.7. The number of nitrogens with zero attached hydrogens (tertiary/aromatic N) is 1. The Kier molecular flexibility index (Phi) is 5.45. The van der Waals surface area contributed by atoms with E-state index in [1.807, 2.05) is 18.2 Å². The van der Waals surface area contributed by atoms with Crippen molar-refractivity contribution in [1.29, 1.82) is 0 Å². The van der Waals surface area contributed by atoms with Gasteiger partial charge in [0.25, 0.3) is 0 Å². The normalized spacial score (nSPS) is 19.5. The first kappa shape index (κ1) is 14.3. The van der Waals surface area contributed by atoms with Crippen molar-refractivity contribution in [3.63, 3.8) is 0 Å². The summed E-state index contributed by atoms with van der Waals surface area (Å²) < 4.78 is 0.891. The van der Waals surface area contributed by atoms with Crippen molar-refractivity contribution >= 4 is 27.5 Å². The predicted octanol–water partition coefficient (Wildman–Crippen LogP) is 2.43. The molecule has 0 radical (unpaired) electrons. The van der Waals surface area contributed by atoms with Crippen molar-refractivity contribution in [2.24, 2.45) is 0 Å². The zero-order valence-corrected chi connectivity index (χ0v) is 12.5. The fourth-order valence-electron chi connectivity index (χ4n) is 2.33. The maximum Gasteiger partial charge on any atom is 0.0628 e. The molecule has 2 rings (SSSR count). The van der Waals surface area contributed by atoms with Crippen LogP contribution in [0.15, 0.2) is 22.7 Å². The quantitative estimate of drug-likeness (QED) is 0.892. The van der Waals surface area contributed by atoms with Gasteiger partial charge in [0.05, 0.1) is 17.7 Å². The van der Waals surface area contributed by atoms with Crippen LogP contribution in [-0.4, -0.2) is 42.8 Å². The van der Waals surface area contributed by atoms with Crippen LogP contribution in [0.4, 0.5) is 0 Å². The summed E-state index contributed by atoms with van der Waals surface area (Å²) >= 11 is 9.52. The van der Waals surface area contributed by atoms with E-state index in [1.165, 1.54) is 0 Å². The molecule has 1 fully saturated rings. The number of benzene rings is 1. The van der Waals surface area contributed by atoms with Gasteiger partial charge in [0.15, 0.2) is 0 Å². The minimum atomic E-state index is 0.0375. The van der Waals surface area contributed by atoms with E-state index >= 15 is 0 Å². The zero-order valence-electron chi connectivity index (χ0n) is 10.2. The topological polar surface area (TPSA) is 35.5 Å². The van der Waals surface area contributed by atoms with Crippen LogP contribution < -0.4 is 5.32 Å². The Balaban J connectivity index is 2.17. The van der Waals surface area contributed by atoms with Crippen LogP contribution in [0.1, 0.15) is 18.0 Å². The lowest BCUT2D eigenvalue weighted by atomic mass is 10.1. The lowest BCUT2D eigenvalue weighted by Crippen LogP contribution is -2.34. The molecular weight excluding hydrogens is 316 g/mol. The Morgan fingerprint density at radius 2 is 2.22 bits per heavy atom.